The van der Waals surface area contributed by atoms with Crippen molar-refractivity contribution in [2.75, 3.05) is 6.54 Å². The van der Waals surface area contributed by atoms with Crippen LogP contribution in [0.1, 0.15) is 37.6 Å². The Hall–Kier alpha value is -1.53. The van der Waals surface area contributed by atoms with Crippen molar-refractivity contribution in [1.82, 2.24) is 5.32 Å². The lowest BCUT2D eigenvalue weighted by atomic mass is 10.0. The Labute approximate surface area is 135 Å². The van der Waals surface area contributed by atoms with Gasteiger partial charge in [0.05, 0.1) is 11.7 Å². The first-order valence-corrected chi connectivity index (χ1v) is 8.14. The summed E-state index contributed by atoms with van der Waals surface area (Å²) in [6.45, 7) is 5.74. The number of nitrogens with one attached hydrogen (secondary N) is 1. The van der Waals surface area contributed by atoms with Gasteiger partial charge < -0.3 is 15.5 Å². The highest BCUT2D eigenvalue weighted by Gasteiger charge is 2.18. The number of aliphatic hydroxyl groups excluding tert-OH is 1. The molecule has 6 heteroatoms. The monoisotopic (exact) mass is 325 g/mol. The van der Waals surface area contributed by atoms with E-state index in [0.717, 1.165) is 11.8 Å². The number of thioether (sulfide) groups is 1. The van der Waals surface area contributed by atoms with Crippen molar-refractivity contribution in [2.45, 2.75) is 43.4 Å². The summed E-state index contributed by atoms with van der Waals surface area (Å²) in [6.07, 6.45) is 0.221. The van der Waals surface area contributed by atoms with Crippen LogP contribution >= 0.6 is 11.8 Å². The van der Waals surface area contributed by atoms with E-state index in [1.807, 2.05) is 6.92 Å². The second kappa shape index (κ2) is 8.80. The van der Waals surface area contributed by atoms with Crippen molar-refractivity contribution in [1.29, 1.82) is 0 Å². The summed E-state index contributed by atoms with van der Waals surface area (Å²) < 4.78 is 0. The molecule has 0 aliphatic rings. The fourth-order valence-corrected chi connectivity index (χ4v) is 2.95. The largest absolute Gasteiger partial charge is 0.480 e. The Morgan fingerprint density at radius 3 is 2.45 bits per heavy atom. The zero-order chi connectivity index (χ0) is 16.7. The molecule has 1 aromatic rings. The van der Waals surface area contributed by atoms with Crippen LogP contribution in [0.2, 0.25) is 0 Å². The predicted molar refractivity (Wildman–Crippen MR) is 87.2 cm³/mol. The SMILES string of the molecule is CC(O)CC(C)CNC(=O)c1ccccc1SC(C)C(=O)O. The van der Waals surface area contributed by atoms with E-state index in [1.54, 1.807) is 38.1 Å². The predicted octanol–water partition coefficient (Wildman–Crippen LogP) is 2.39. The number of benzene rings is 1. The lowest BCUT2D eigenvalue weighted by Gasteiger charge is -2.15. The normalized spacial score (nSPS) is 14.9. The minimum atomic E-state index is -0.911. The van der Waals surface area contributed by atoms with Gasteiger partial charge in [-0.05, 0) is 38.3 Å². The van der Waals surface area contributed by atoms with Crippen LogP contribution in [0.4, 0.5) is 0 Å². The average molecular weight is 325 g/mol. The molecule has 1 rings (SSSR count). The fraction of sp³-hybridized carbons (Fsp3) is 0.500. The van der Waals surface area contributed by atoms with Gasteiger partial charge in [-0.3, -0.25) is 9.59 Å². The van der Waals surface area contributed by atoms with Crippen LogP contribution in [-0.2, 0) is 4.79 Å². The second-order valence-corrected chi connectivity index (χ2v) is 6.88. The third kappa shape index (κ3) is 6.07. The molecule has 0 spiro atoms. The Bertz CT molecular complexity index is 519. The molecule has 0 aromatic heterocycles. The van der Waals surface area contributed by atoms with Crippen molar-refractivity contribution in [3.63, 3.8) is 0 Å². The maximum absolute atomic E-state index is 12.3. The molecular formula is C16H23NO4S. The van der Waals surface area contributed by atoms with Crippen molar-refractivity contribution < 1.29 is 19.8 Å². The number of rotatable bonds is 8. The Balaban J connectivity index is 2.71. The molecule has 3 atom stereocenters. The fourth-order valence-electron chi connectivity index (χ4n) is 2.03. The van der Waals surface area contributed by atoms with Gasteiger partial charge >= 0.3 is 5.97 Å². The van der Waals surface area contributed by atoms with Crippen LogP contribution in [0.25, 0.3) is 0 Å². The van der Waals surface area contributed by atoms with E-state index in [0.29, 0.717) is 23.4 Å². The van der Waals surface area contributed by atoms with Gasteiger partial charge in [-0.1, -0.05) is 19.1 Å². The summed E-state index contributed by atoms with van der Waals surface area (Å²) in [7, 11) is 0. The molecule has 22 heavy (non-hydrogen) atoms. The first-order chi connectivity index (χ1) is 10.3. The molecule has 3 unspecified atom stereocenters. The van der Waals surface area contributed by atoms with E-state index < -0.39 is 17.3 Å². The topological polar surface area (TPSA) is 86.6 Å². The zero-order valence-electron chi connectivity index (χ0n) is 13.1. The molecule has 1 aromatic carbocycles. The van der Waals surface area contributed by atoms with E-state index in [-0.39, 0.29) is 11.8 Å². The van der Waals surface area contributed by atoms with Crippen molar-refractivity contribution in [3.8, 4) is 0 Å². The molecule has 0 heterocycles. The van der Waals surface area contributed by atoms with E-state index in [1.165, 1.54) is 0 Å². The molecule has 0 fully saturated rings. The number of hydrogen-bond acceptors (Lipinski definition) is 4. The van der Waals surface area contributed by atoms with Crippen LogP contribution in [0.3, 0.4) is 0 Å². The number of carbonyl (C=O) groups is 2. The van der Waals surface area contributed by atoms with Crippen LogP contribution < -0.4 is 5.32 Å². The van der Waals surface area contributed by atoms with Crippen molar-refractivity contribution >= 4 is 23.6 Å². The number of carbonyl (C=O) groups excluding carboxylic acids is 1. The van der Waals surface area contributed by atoms with E-state index in [9.17, 15) is 14.7 Å². The molecule has 0 aliphatic heterocycles. The van der Waals surface area contributed by atoms with Crippen LogP contribution in [0, 0.1) is 5.92 Å². The second-order valence-electron chi connectivity index (χ2n) is 5.49. The van der Waals surface area contributed by atoms with Gasteiger partial charge in [0.15, 0.2) is 0 Å². The summed E-state index contributed by atoms with van der Waals surface area (Å²) in [5.74, 6) is -0.967. The summed E-state index contributed by atoms with van der Waals surface area (Å²) in [5.41, 5.74) is 0.477. The smallest absolute Gasteiger partial charge is 0.316 e. The maximum atomic E-state index is 12.3. The number of carboxylic acid groups (broad SMARTS) is 1. The van der Waals surface area contributed by atoms with Gasteiger partial charge in [-0.25, -0.2) is 0 Å². The zero-order valence-corrected chi connectivity index (χ0v) is 13.9. The molecule has 0 saturated carbocycles. The third-order valence-corrected chi connectivity index (χ3v) is 4.30. The Morgan fingerprint density at radius 2 is 1.86 bits per heavy atom. The van der Waals surface area contributed by atoms with Gasteiger partial charge in [0.25, 0.3) is 5.91 Å². The van der Waals surface area contributed by atoms with E-state index in [4.69, 9.17) is 5.11 Å². The molecule has 5 nitrogen and oxygen atoms in total. The van der Waals surface area contributed by atoms with Gasteiger partial charge in [-0.15, -0.1) is 11.8 Å². The van der Waals surface area contributed by atoms with E-state index >= 15 is 0 Å². The van der Waals surface area contributed by atoms with E-state index in [2.05, 4.69) is 5.32 Å². The summed E-state index contributed by atoms with van der Waals surface area (Å²) in [4.78, 5) is 23.9. The lowest BCUT2D eigenvalue weighted by Crippen LogP contribution is -2.30. The van der Waals surface area contributed by atoms with Crippen molar-refractivity contribution in [2.24, 2.45) is 5.92 Å². The summed E-state index contributed by atoms with van der Waals surface area (Å²) >= 11 is 1.15. The molecule has 1 amide bonds. The van der Waals surface area contributed by atoms with Crippen LogP contribution in [0.15, 0.2) is 29.2 Å². The van der Waals surface area contributed by atoms with Gasteiger partial charge in [0, 0.05) is 11.4 Å². The Kier molecular flexibility index (Phi) is 7.41. The summed E-state index contributed by atoms with van der Waals surface area (Å²) in [6, 6.07) is 6.97. The maximum Gasteiger partial charge on any atom is 0.316 e. The minimum absolute atomic E-state index is 0.168. The number of aliphatic hydroxyl groups is 1. The summed E-state index contributed by atoms with van der Waals surface area (Å²) in [5, 5.41) is 20.5. The third-order valence-electron chi connectivity index (χ3n) is 3.14. The number of hydrogen-bond donors (Lipinski definition) is 3. The molecule has 0 radical (unpaired) electrons. The lowest BCUT2D eigenvalue weighted by molar-refractivity contribution is -0.136. The Morgan fingerprint density at radius 1 is 1.23 bits per heavy atom. The van der Waals surface area contributed by atoms with Gasteiger partial charge in [-0.2, -0.15) is 0 Å². The molecular weight excluding hydrogens is 302 g/mol. The molecule has 0 aliphatic carbocycles. The standard InChI is InChI=1S/C16H23NO4S/c1-10(8-11(2)18)9-17-15(19)13-6-4-5-7-14(13)22-12(3)16(20)21/h4-7,10-12,18H,8-9H2,1-3H3,(H,17,19)(H,20,21). The number of amides is 1. The van der Waals surface area contributed by atoms with Gasteiger partial charge in [0.1, 0.15) is 5.25 Å². The molecule has 122 valence electrons. The number of aliphatic carboxylic acids is 1. The van der Waals surface area contributed by atoms with Crippen molar-refractivity contribution in [3.05, 3.63) is 29.8 Å². The molecule has 3 N–H and O–H groups in total. The highest BCUT2D eigenvalue weighted by atomic mass is 32.2. The van der Waals surface area contributed by atoms with Gasteiger partial charge in [0.2, 0.25) is 0 Å². The quantitative estimate of drug-likeness (QED) is 0.639. The highest BCUT2D eigenvalue weighted by molar-refractivity contribution is 8.00. The number of carboxylic acids is 1. The first kappa shape index (κ1) is 18.5. The van der Waals surface area contributed by atoms with Crippen LogP contribution in [-0.4, -0.2) is 40.0 Å². The van der Waals surface area contributed by atoms with Crippen LogP contribution in [0.5, 0.6) is 0 Å². The highest BCUT2D eigenvalue weighted by Crippen LogP contribution is 2.27. The first-order valence-electron chi connectivity index (χ1n) is 7.26. The molecule has 0 bridgehead atoms. The molecule has 0 saturated heterocycles. The minimum Gasteiger partial charge on any atom is -0.480 e. The average Bonchev–Trinajstić information content (AvgIpc) is 2.44.